The molecule has 0 aromatic carbocycles. The Labute approximate surface area is 113 Å². The second-order valence-corrected chi connectivity index (χ2v) is 16.6. The highest BCUT2D eigenvalue weighted by molar-refractivity contribution is 6.91. The van der Waals surface area contributed by atoms with Crippen molar-refractivity contribution in [3.63, 3.8) is 0 Å². The van der Waals surface area contributed by atoms with E-state index in [-0.39, 0.29) is 0 Å². The molecule has 0 atom stereocenters. The van der Waals surface area contributed by atoms with Crippen molar-refractivity contribution in [1.29, 1.82) is 0 Å². The number of rotatable bonds is 1. The van der Waals surface area contributed by atoms with Crippen LogP contribution in [-0.2, 0) is 4.79 Å². The second-order valence-electron chi connectivity index (χ2n) is 7.03. The summed E-state index contributed by atoms with van der Waals surface area (Å²) in [4.78, 5) is 11.6. The summed E-state index contributed by atoms with van der Waals surface area (Å²) in [5, 5.41) is 5.00. The molecule has 102 valence electrons. The molecule has 0 aromatic rings. The fourth-order valence-corrected chi connectivity index (χ4v) is 14.3. The first kappa shape index (κ1) is 14.0. The van der Waals surface area contributed by atoms with Crippen molar-refractivity contribution < 1.29 is 4.79 Å². The van der Waals surface area contributed by atoms with Gasteiger partial charge in [-0.1, -0.05) is 32.6 Å². The molecule has 1 aliphatic carbocycles. The molecule has 2 aliphatic rings. The standard InChI is InChI=1S/C13H26N2OSi2/c1-17(2)9-6-10-18(3,4)15(17)14-12-7-5-8-13(16)11-12/h5-11H2,1-4H3. The number of hydrazone groups is 1. The van der Waals surface area contributed by atoms with Crippen LogP contribution in [0.15, 0.2) is 5.10 Å². The third kappa shape index (κ3) is 2.93. The summed E-state index contributed by atoms with van der Waals surface area (Å²) in [5.41, 5.74) is 1.16. The molecule has 1 heterocycles. The van der Waals surface area contributed by atoms with Crippen LogP contribution in [-0.4, -0.2) is 32.3 Å². The molecule has 0 unspecified atom stereocenters. The molecule has 2 rings (SSSR count). The van der Waals surface area contributed by atoms with E-state index in [4.69, 9.17) is 5.10 Å². The van der Waals surface area contributed by atoms with Gasteiger partial charge in [0.1, 0.15) is 5.78 Å². The zero-order valence-corrected chi connectivity index (χ0v) is 14.3. The Bertz CT molecular complexity index is 361. The van der Waals surface area contributed by atoms with Crippen LogP contribution < -0.4 is 0 Å². The molecule has 18 heavy (non-hydrogen) atoms. The first-order valence-electron chi connectivity index (χ1n) is 7.20. The second kappa shape index (κ2) is 4.92. The average molecular weight is 283 g/mol. The number of hydrogen-bond acceptors (Lipinski definition) is 3. The van der Waals surface area contributed by atoms with Crippen molar-refractivity contribution in [2.24, 2.45) is 5.10 Å². The Hall–Kier alpha value is -0.426. The summed E-state index contributed by atoms with van der Waals surface area (Å²) in [5.74, 6) is 0.385. The lowest BCUT2D eigenvalue weighted by atomic mass is 9.97. The molecule has 1 saturated carbocycles. The summed E-state index contributed by atoms with van der Waals surface area (Å²) >= 11 is 0. The van der Waals surface area contributed by atoms with Gasteiger partial charge in [0.2, 0.25) is 0 Å². The summed E-state index contributed by atoms with van der Waals surface area (Å²) in [6.45, 7) is 9.76. The maximum absolute atomic E-state index is 11.6. The molecule has 0 N–H and O–H groups in total. The Morgan fingerprint density at radius 3 is 2.17 bits per heavy atom. The lowest BCUT2D eigenvalue weighted by molar-refractivity contribution is -0.118. The van der Waals surface area contributed by atoms with Gasteiger partial charge in [0.15, 0.2) is 16.5 Å². The fraction of sp³-hybridized carbons (Fsp3) is 0.846. The molecule has 5 heteroatoms. The number of carbonyl (C=O) groups excluding carboxylic acids is 1. The van der Waals surface area contributed by atoms with E-state index < -0.39 is 16.5 Å². The predicted molar refractivity (Wildman–Crippen MR) is 81.9 cm³/mol. The van der Waals surface area contributed by atoms with Crippen molar-refractivity contribution in [1.82, 2.24) is 4.34 Å². The van der Waals surface area contributed by atoms with Gasteiger partial charge in [-0.15, -0.1) is 0 Å². The zero-order chi connectivity index (χ0) is 13.4. The molecule has 0 spiro atoms. The van der Waals surface area contributed by atoms with Gasteiger partial charge in [-0.2, -0.15) is 0 Å². The Morgan fingerprint density at radius 1 is 1.00 bits per heavy atom. The predicted octanol–water partition coefficient (Wildman–Crippen LogP) is 3.60. The number of nitrogens with zero attached hydrogens (tertiary/aromatic N) is 2. The van der Waals surface area contributed by atoms with Crippen molar-refractivity contribution in [3.8, 4) is 0 Å². The van der Waals surface area contributed by atoms with Crippen LogP contribution in [0.1, 0.15) is 32.1 Å². The number of hydrogen-bond donors (Lipinski definition) is 0. The number of ketones is 1. The van der Waals surface area contributed by atoms with Crippen LogP contribution in [0, 0.1) is 0 Å². The van der Waals surface area contributed by atoms with Gasteiger partial charge in [0.05, 0.1) is 0 Å². The molecule has 1 saturated heterocycles. The first-order valence-corrected chi connectivity index (χ1v) is 13.5. The van der Waals surface area contributed by atoms with E-state index in [0.717, 1.165) is 25.0 Å². The van der Waals surface area contributed by atoms with Gasteiger partial charge in [-0.25, -0.2) is 5.10 Å². The van der Waals surface area contributed by atoms with Crippen LogP contribution in [0.25, 0.3) is 0 Å². The third-order valence-electron chi connectivity index (χ3n) is 4.29. The molecule has 2 fully saturated rings. The summed E-state index contributed by atoms with van der Waals surface area (Å²) in [6.07, 6.45) is 4.82. The Balaban J connectivity index is 2.23. The molecular weight excluding hydrogens is 256 g/mol. The lowest BCUT2D eigenvalue weighted by Gasteiger charge is -2.49. The molecule has 3 nitrogen and oxygen atoms in total. The van der Waals surface area contributed by atoms with E-state index in [2.05, 4.69) is 30.5 Å². The smallest absolute Gasteiger partial charge is 0.161 e. The minimum absolute atomic E-state index is 0.385. The lowest BCUT2D eigenvalue weighted by Crippen LogP contribution is -2.62. The van der Waals surface area contributed by atoms with Crippen molar-refractivity contribution in [2.45, 2.75) is 70.4 Å². The quantitative estimate of drug-likeness (QED) is 0.688. The summed E-state index contributed by atoms with van der Waals surface area (Å²) in [7, 11) is -2.73. The van der Waals surface area contributed by atoms with Crippen molar-refractivity contribution in [3.05, 3.63) is 0 Å². The van der Waals surface area contributed by atoms with E-state index in [9.17, 15) is 4.79 Å². The van der Waals surface area contributed by atoms with Gasteiger partial charge in [-0.05, 0) is 24.9 Å². The Morgan fingerprint density at radius 2 is 1.61 bits per heavy atom. The van der Waals surface area contributed by atoms with Crippen LogP contribution in [0.2, 0.25) is 38.3 Å². The first-order chi connectivity index (χ1) is 8.31. The highest BCUT2D eigenvalue weighted by Gasteiger charge is 2.44. The monoisotopic (exact) mass is 282 g/mol. The van der Waals surface area contributed by atoms with Crippen LogP contribution in [0.4, 0.5) is 0 Å². The van der Waals surface area contributed by atoms with Gasteiger partial charge < -0.3 is 4.34 Å². The minimum atomic E-state index is -1.37. The van der Waals surface area contributed by atoms with Gasteiger partial charge >= 0.3 is 0 Å². The van der Waals surface area contributed by atoms with Gasteiger partial charge in [0, 0.05) is 18.6 Å². The van der Waals surface area contributed by atoms with E-state index in [0.29, 0.717) is 12.2 Å². The Kier molecular flexibility index (Phi) is 3.83. The van der Waals surface area contributed by atoms with Gasteiger partial charge in [0.25, 0.3) is 0 Å². The van der Waals surface area contributed by atoms with Crippen molar-refractivity contribution in [2.75, 3.05) is 0 Å². The van der Waals surface area contributed by atoms with E-state index in [1.54, 1.807) is 0 Å². The van der Waals surface area contributed by atoms with E-state index in [1.165, 1.54) is 18.5 Å². The van der Waals surface area contributed by atoms with Crippen LogP contribution in [0.3, 0.4) is 0 Å². The maximum Gasteiger partial charge on any atom is 0.161 e. The fourth-order valence-electron chi connectivity index (χ4n) is 3.38. The minimum Gasteiger partial charge on any atom is -0.349 e. The summed E-state index contributed by atoms with van der Waals surface area (Å²) < 4.78 is 2.55. The SMILES string of the molecule is C[Si]1(C)CCC[Si](C)(C)N1N=C1CCCC(=O)C1. The molecule has 1 aliphatic heterocycles. The van der Waals surface area contributed by atoms with Crippen LogP contribution in [0.5, 0.6) is 0 Å². The number of Topliss-reactive ketones (excluding diaryl/α,β-unsaturated/α-hetero) is 1. The third-order valence-corrected chi connectivity index (χ3v) is 13.6. The molecular formula is C13H26N2OSi2. The maximum atomic E-state index is 11.6. The largest absolute Gasteiger partial charge is 0.349 e. The zero-order valence-electron chi connectivity index (χ0n) is 12.3. The van der Waals surface area contributed by atoms with Crippen LogP contribution >= 0.6 is 0 Å². The molecule has 0 bridgehead atoms. The number of carbonyl (C=O) groups is 1. The topological polar surface area (TPSA) is 32.7 Å². The van der Waals surface area contributed by atoms with E-state index in [1.807, 2.05) is 0 Å². The highest BCUT2D eigenvalue weighted by Crippen LogP contribution is 2.35. The van der Waals surface area contributed by atoms with Gasteiger partial charge in [-0.3, -0.25) is 4.79 Å². The molecule has 0 radical (unpaired) electrons. The molecule has 0 aromatic heterocycles. The average Bonchev–Trinajstić information content (AvgIpc) is 2.23. The molecule has 0 amide bonds. The normalized spacial score (nSPS) is 29.7. The van der Waals surface area contributed by atoms with E-state index >= 15 is 0 Å². The summed E-state index contributed by atoms with van der Waals surface area (Å²) in [6, 6.07) is 2.71. The highest BCUT2D eigenvalue weighted by atomic mass is 28.4. The van der Waals surface area contributed by atoms with Crippen molar-refractivity contribution >= 4 is 28.0 Å².